The van der Waals surface area contributed by atoms with Gasteiger partial charge in [0.1, 0.15) is 0 Å². The van der Waals surface area contributed by atoms with Crippen molar-refractivity contribution >= 4 is 5.91 Å². The molecule has 24 heavy (non-hydrogen) atoms. The molecule has 1 aromatic carbocycles. The lowest BCUT2D eigenvalue weighted by Crippen LogP contribution is -2.35. The summed E-state index contributed by atoms with van der Waals surface area (Å²) in [6.45, 7) is 1.97. The smallest absolute Gasteiger partial charge is 0.223 e. The van der Waals surface area contributed by atoms with Crippen molar-refractivity contribution < 1.29 is 9.90 Å². The largest absolute Gasteiger partial charge is 0.389 e. The number of aromatic nitrogens is 1. The summed E-state index contributed by atoms with van der Waals surface area (Å²) in [6.07, 6.45) is 7.27. The Morgan fingerprint density at radius 1 is 1.21 bits per heavy atom. The maximum absolute atomic E-state index is 12.2. The van der Waals surface area contributed by atoms with Gasteiger partial charge in [0.05, 0.1) is 18.1 Å². The van der Waals surface area contributed by atoms with Crippen LogP contribution in [0.15, 0.2) is 48.8 Å². The monoisotopic (exact) mass is 324 g/mol. The van der Waals surface area contributed by atoms with Crippen LogP contribution in [0.3, 0.4) is 0 Å². The maximum Gasteiger partial charge on any atom is 0.223 e. The lowest BCUT2D eigenvalue weighted by atomic mass is 9.97. The normalized spacial score (nSPS) is 17.4. The molecular formula is C20H24N2O2. The zero-order chi connectivity index (χ0) is 17.0. The van der Waals surface area contributed by atoms with E-state index in [0.717, 1.165) is 42.4 Å². The molecule has 1 heterocycles. The van der Waals surface area contributed by atoms with Gasteiger partial charge in [-0.15, -0.1) is 0 Å². The number of hydrogen-bond donors (Lipinski definition) is 2. The predicted molar refractivity (Wildman–Crippen MR) is 94.3 cm³/mol. The van der Waals surface area contributed by atoms with E-state index < -0.39 is 5.60 Å². The number of nitrogens with one attached hydrogen (secondary N) is 1. The van der Waals surface area contributed by atoms with Crippen molar-refractivity contribution in [3.05, 3.63) is 54.4 Å². The lowest BCUT2D eigenvalue weighted by Gasteiger charge is -2.23. The molecule has 2 N–H and O–H groups in total. The van der Waals surface area contributed by atoms with Crippen molar-refractivity contribution in [3.63, 3.8) is 0 Å². The van der Waals surface area contributed by atoms with Crippen molar-refractivity contribution in [3.8, 4) is 11.1 Å². The van der Waals surface area contributed by atoms with E-state index in [4.69, 9.17) is 0 Å². The standard InChI is InChI=1S/C20H24N2O2/c1-15(22-19(23)13-20(24)10-2-3-11-20)16-6-8-17(9-7-16)18-5-4-12-21-14-18/h4-9,12,14-15,24H,2-3,10-11,13H2,1H3,(H,22,23). The molecule has 0 aliphatic heterocycles. The number of hydrogen-bond acceptors (Lipinski definition) is 3. The minimum absolute atomic E-state index is 0.0783. The number of nitrogens with zero attached hydrogens (tertiary/aromatic N) is 1. The second-order valence-electron chi connectivity index (χ2n) is 6.76. The molecular weight excluding hydrogens is 300 g/mol. The zero-order valence-corrected chi connectivity index (χ0v) is 14.0. The molecule has 0 spiro atoms. The Morgan fingerprint density at radius 2 is 1.92 bits per heavy atom. The number of aliphatic hydroxyl groups is 1. The summed E-state index contributed by atoms with van der Waals surface area (Å²) in [4.78, 5) is 16.3. The maximum atomic E-state index is 12.2. The molecule has 1 unspecified atom stereocenters. The molecule has 1 aromatic heterocycles. The van der Waals surface area contributed by atoms with E-state index in [1.807, 2.05) is 49.5 Å². The number of rotatable bonds is 5. The highest BCUT2D eigenvalue weighted by Gasteiger charge is 2.33. The highest BCUT2D eigenvalue weighted by Crippen LogP contribution is 2.32. The van der Waals surface area contributed by atoms with Crippen molar-refractivity contribution in [2.45, 2.75) is 50.7 Å². The number of pyridine rings is 1. The minimum Gasteiger partial charge on any atom is -0.389 e. The van der Waals surface area contributed by atoms with E-state index in [1.54, 1.807) is 6.20 Å². The molecule has 126 valence electrons. The van der Waals surface area contributed by atoms with E-state index in [2.05, 4.69) is 10.3 Å². The molecule has 4 heteroatoms. The Kier molecular flexibility index (Phi) is 4.95. The van der Waals surface area contributed by atoms with Crippen LogP contribution in [-0.2, 0) is 4.79 Å². The van der Waals surface area contributed by atoms with Gasteiger partial charge in [-0.25, -0.2) is 0 Å². The molecule has 0 radical (unpaired) electrons. The van der Waals surface area contributed by atoms with Gasteiger partial charge >= 0.3 is 0 Å². The second kappa shape index (κ2) is 7.14. The van der Waals surface area contributed by atoms with Gasteiger partial charge in [-0.3, -0.25) is 9.78 Å². The summed E-state index contributed by atoms with van der Waals surface area (Å²) in [5.41, 5.74) is 2.43. The Morgan fingerprint density at radius 3 is 2.54 bits per heavy atom. The van der Waals surface area contributed by atoms with Crippen LogP contribution in [0.2, 0.25) is 0 Å². The molecule has 0 bridgehead atoms. The molecule has 1 atom stereocenters. The number of carbonyl (C=O) groups is 1. The van der Waals surface area contributed by atoms with Crippen LogP contribution in [0.4, 0.5) is 0 Å². The number of carbonyl (C=O) groups excluding carboxylic acids is 1. The minimum atomic E-state index is -0.798. The van der Waals surface area contributed by atoms with Crippen LogP contribution in [0.1, 0.15) is 50.6 Å². The van der Waals surface area contributed by atoms with Crippen LogP contribution in [0.25, 0.3) is 11.1 Å². The topological polar surface area (TPSA) is 62.2 Å². The summed E-state index contributed by atoms with van der Waals surface area (Å²) in [5, 5.41) is 13.3. The molecule has 1 amide bonds. The average molecular weight is 324 g/mol. The fourth-order valence-electron chi connectivity index (χ4n) is 3.38. The second-order valence-corrected chi connectivity index (χ2v) is 6.76. The molecule has 0 saturated heterocycles. The van der Waals surface area contributed by atoms with Gasteiger partial charge in [-0.2, -0.15) is 0 Å². The molecule has 2 aromatic rings. The van der Waals surface area contributed by atoms with Crippen LogP contribution in [-0.4, -0.2) is 21.6 Å². The predicted octanol–water partition coefficient (Wildman–Crippen LogP) is 3.62. The number of amides is 1. The van der Waals surface area contributed by atoms with Gasteiger partial charge in [0.2, 0.25) is 5.91 Å². The highest BCUT2D eigenvalue weighted by atomic mass is 16.3. The quantitative estimate of drug-likeness (QED) is 0.883. The molecule has 1 aliphatic rings. The van der Waals surface area contributed by atoms with E-state index in [1.165, 1.54) is 0 Å². The zero-order valence-electron chi connectivity index (χ0n) is 14.0. The van der Waals surface area contributed by atoms with Gasteiger partial charge in [0.25, 0.3) is 0 Å². The van der Waals surface area contributed by atoms with Crippen molar-refractivity contribution in [1.29, 1.82) is 0 Å². The van der Waals surface area contributed by atoms with Crippen LogP contribution in [0, 0.1) is 0 Å². The van der Waals surface area contributed by atoms with E-state index in [-0.39, 0.29) is 18.4 Å². The summed E-state index contributed by atoms with van der Waals surface area (Å²) in [7, 11) is 0. The van der Waals surface area contributed by atoms with E-state index >= 15 is 0 Å². The first-order chi connectivity index (χ1) is 11.6. The van der Waals surface area contributed by atoms with E-state index in [9.17, 15) is 9.90 Å². The summed E-state index contributed by atoms with van der Waals surface area (Å²) >= 11 is 0. The SMILES string of the molecule is CC(NC(=O)CC1(O)CCCC1)c1ccc(-c2cccnc2)cc1. The molecule has 1 saturated carbocycles. The molecule has 3 rings (SSSR count). The van der Waals surface area contributed by atoms with Gasteiger partial charge in [-0.05, 0) is 42.5 Å². The first kappa shape index (κ1) is 16.7. The van der Waals surface area contributed by atoms with Gasteiger partial charge in [0, 0.05) is 12.4 Å². The Labute approximate surface area is 142 Å². The third-order valence-electron chi connectivity index (χ3n) is 4.81. The first-order valence-electron chi connectivity index (χ1n) is 8.58. The van der Waals surface area contributed by atoms with Crippen molar-refractivity contribution in [1.82, 2.24) is 10.3 Å². The molecule has 1 fully saturated rings. The average Bonchev–Trinajstić information content (AvgIpc) is 3.01. The molecule has 4 nitrogen and oxygen atoms in total. The Bertz CT molecular complexity index is 677. The third-order valence-corrected chi connectivity index (χ3v) is 4.81. The van der Waals surface area contributed by atoms with Crippen LogP contribution < -0.4 is 5.32 Å². The lowest BCUT2D eigenvalue weighted by molar-refractivity contribution is -0.126. The Hall–Kier alpha value is -2.20. The van der Waals surface area contributed by atoms with Gasteiger partial charge in [-0.1, -0.05) is 43.2 Å². The summed E-state index contributed by atoms with van der Waals surface area (Å²) in [5.74, 6) is -0.0803. The van der Waals surface area contributed by atoms with Crippen molar-refractivity contribution in [2.75, 3.05) is 0 Å². The number of benzene rings is 1. The first-order valence-corrected chi connectivity index (χ1v) is 8.58. The van der Waals surface area contributed by atoms with Crippen molar-refractivity contribution in [2.24, 2.45) is 0 Å². The van der Waals surface area contributed by atoms with Crippen LogP contribution >= 0.6 is 0 Å². The van der Waals surface area contributed by atoms with Gasteiger partial charge < -0.3 is 10.4 Å². The fourth-order valence-corrected chi connectivity index (χ4v) is 3.38. The molecule has 1 aliphatic carbocycles. The summed E-state index contributed by atoms with van der Waals surface area (Å²) < 4.78 is 0. The fraction of sp³-hybridized carbons (Fsp3) is 0.400. The van der Waals surface area contributed by atoms with E-state index in [0.29, 0.717) is 0 Å². The van der Waals surface area contributed by atoms with Crippen LogP contribution in [0.5, 0.6) is 0 Å². The van der Waals surface area contributed by atoms with Gasteiger partial charge in [0.15, 0.2) is 0 Å². The Balaban J connectivity index is 1.60. The third kappa shape index (κ3) is 4.01. The highest BCUT2D eigenvalue weighted by molar-refractivity contribution is 5.77. The summed E-state index contributed by atoms with van der Waals surface area (Å²) in [6, 6.07) is 12.0.